The van der Waals surface area contributed by atoms with Gasteiger partial charge < -0.3 is 9.47 Å². The summed E-state index contributed by atoms with van der Waals surface area (Å²) >= 11 is 11.6. The predicted molar refractivity (Wildman–Crippen MR) is 89.5 cm³/mol. The zero-order valence-electron chi connectivity index (χ0n) is 13.6. The molecule has 0 bridgehead atoms. The van der Waals surface area contributed by atoms with Crippen LogP contribution in [0.4, 0.5) is 0 Å². The normalized spacial score (nSPS) is 13.5. The van der Waals surface area contributed by atoms with E-state index in [0.29, 0.717) is 25.9 Å². The highest BCUT2D eigenvalue weighted by Crippen LogP contribution is 2.09. The molecule has 2 unspecified atom stereocenters. The van der Waals surface area contributed by atoms with Gasteiger partial charge >= 0.3 is 11.9 Å². The van der Waals surface area contributed by atoms with Crippen LogP contribution in [0.3, 0.4) is 0 Å². The third kappa shape index (κ3) is 14.5. The predicted octanol–water partition coefficient (Wildman–Crippen LogP) is 4.45. The molecular weight excluding hydrogens is 327 g/mol. The molecule has 130 valence electrons. The molecule has 22 heavy (non-hydrogen) atoms. The van der Waals surface area contributed by atoms with Gasteiger partial charge in [-0.3, -0.25) is 9.59 Å². The van der Waals surface area contributed by atoms with E-state index in [1.165, 1.54) is 0 Å². The largest absolute Gasteiger partial charge is 0.466 e. The van der Waals surface area contributed by atoms with E-state index in [0.717, 1.165) is 32.1 Å². The first kappa shape index (κ1) is 21.5. The summed E-state index contributed by atoms with van der Waals surface area (Å²) < 4.78 is 10.1. The number of esters is 2. The van der Waals surface area contributed by atoms with E-state index in [2.05, 4.69) is 0 Å². The van der Waals surface area contributed by atoms with E-state index < -0.39 is 0 Å². The van der Waals surface area contributed by atoms with Gasteiger partial charge in [-0.15, -0.1) is 23.2 Å². The molecule has 0 N–H and O–H groups in total. The molecule has 0 amide bonds. The first-order valence-electron chi connectivity index (χ1n) is 8.05. The van der Waals surface area contributed by atoms with Crippen LogP contribution in [0, 0.1) is 0 Å². The summed E-state index contributed by atoms with van der Waals surface area (Å²) in [4.78, 5) is 22.8. The maximum Gasteiger partial charge on any atom is 0.305 e. The number of hydrogen-bond acceptors (Lipinski definition) is 4. The van der Waals surface area contributed by atoms with Crippen molar-refractivity contribution in [1.82, 2.24) is 0 Å². The fourth-order valence-corrected chi connectivity index (χ4v) is 1.83. The summed E-state index contributed by atoms with van der Waals surface area (Å²) in [5.74, 6) is -0.377. The van der Waals surface area contributed by atoms with Gasteiger partial charge in [0.15, 0.2) is 0 Å². The lowest BCUT2D eigenvalue weighted by Gasteiger charge is -2.08. The summed E-state index contributed by atoms with van der Waals surface area (Å²) in [6.07, 6.45) is 5.66. The van der Waals surface area contributed by atoms with Gasteiger partial charge in [0.1, 0.15) is 6.61 Å². The molecule has 0 saturated carbocycles. The summed E-state index contributed by atoms with van der Waals surface area (Å²) in [7, 11) is 0. The fraction of sp³-hybridized carbons (Fsp3) is 0.875. The van der Waals surface area contributed by atoms with E-state index in [-0.39, 0.29) is 29.3 Å². The zero-order valence-corrected chi connectivity index (χ0v) is 15.1. The molecule has 0 aromatic carbocycles. The highest BCUT2D eigenvalue weighted by Gasteiger charge is 2.07. The maximum atomic E-state index is 11.4. The van der Waals surface area contributed by atoms with Crippen LogP contribution < -0.4 is 0 Å². The molecule has 0 fully saturated rings. The van der Waals surface area contributed by atoms with Crippen LogP contribution in [-0.4, -0.2) is 35.9 Å². The molecule has 0 radical (unpaired) electrons. The van der Waals surface area contributed by atoms with Gasteiger partial charge in [-0.25, -0.2) is 0 Å². The second-order valence-electron chi connectivity index (χ2n) is 5.39. The smallest absolute Gasteiger partial charge is 0.305 e. The van der Waals surface area contributed by atoms with Gasteiger partial charge in [0.2, 0.25) is 0 Å². The monoisotopic (exact) mass is 354 g/mol. The molecular formula is C16H28Cl2O4. The Morgan fingerprint density at radius 2 is 1.50 bits per heavy atom. The van der Waals surface area contributed by atoms with Gasteiger partial charge in [0.05, 0.1) is 12.0 Å². The van der Waals surface area contributed by atoms with E-state index in [9.17, 15) is 9.59 Å². The van der Waals surface area contributed by atoms with Crippen molar-refractivity contribution in [3.8, 4) is 0 Å². The van der Waals surface area contributed by atoms with Crippen molar-refractivity contribution in [3.05, 3.63) is 0 Å². The Hall–Kier alpha value is -0.480. The first-order chi connectivity index (χ1) is 10.5. The van der Waals surface area contributed by atoms with Crippen molar-refractivity contribution in [2.45, 2.75) is 76.0 Å². The second-order valence-corrected chi connectivity index (χ2v) is 6.75. The van der Waals surface area contributed by atoms with Crippen LogP contribution in [0.2, 0.25) is 0 Å². The van der Waals surface area contributed by atoms with Gasteiger partial charge in [0.25, 0.3) is 0 Å². The first-order valence-corrected chi connectivity index (χ1v) is 8.92. The Bertz CT molecular complexity index is 309. The highest BCUT2D eigenvalue weighted by atomic mass is 35.5. The van der Waals surface area contributed by atoms with E-state index in [1.54, 1.807) is 0 Å². The number of alkyl halides is 2. The van der Waals surface area contributed by atoms with E-state index in [1.807, 2.05) is 13.8 Å². The molecule has 0 aromatic rings. The summed E-state index contributed by atoms with van der Waals surface area (Å²) in [5.41, 5.74) is 0. The number of hydrogen-bond donors (Lipinski definition) is 0. The quantitative estimate of drug-likeness (QED) is 0.278. The van der Waals surface area contributed by atoms with Crippen molar-refractivity contribution < 1.29 is 19.1 Å². The zero-order chi connectivity index (χ0) is 16.8. The lowest BCUT2D eigenvalue weighted by Crippen LogP contribution is -2.13. The molecule has 0 heterocycles. The number of ether oxygens (including phenoxy) is 2. The number of carbonyl (C=O) groups is 2. The van der Waals surface area contributed by atoms with Crippen molar-refractivity contribution >= 4 is 35.1 Å². The van der Waals surface area contributed by atoms with Crippen LogP contribution >= 0.6 is 23.2 Å². The highest BCUT2D eigenvalue weighted by molar-refractivity contribution is 6.20. The minimum absolute atomic E-state index is 0.0268. The molecule has 0 saturated heterocycles. The minimum atomic E-state index is -0.200. The Morgan fingerprint density at radius 3 is 2.00 bits per heavy atom. The lowest BCUT2D eigenvalue weighted by molar-refractivity contribution is -0.145. The van der Waals surface area contributed by atoms with Crippen molar-refractivity contribution in [2.75, 3.05) is 13.2 Å². The topological polar surface area (TPSA) is 52.6 Å². The number of halogens is 2. The molecule has 6 heteroatoms. The van der Waals surface area contributed by atoms with Gasteiger partial charge in [-0.05, 0) is 32.6 Å². The molecule has 0 aliphatic carbocycles. The Balaban J connectivity index is 3.38. The molecule has 2 atom stereocenters. The van der Waals surface area contributed by atoms with E-state index in [4.69, 9.17) is 32.7 Å². The minimum Gasteiger partial charge on any atom is -0.466 e. The summed E-state index contributed by atoms with van der Waals surface area (Å²) in [6.45, 7) is 4.49. The summed E-state index contributed by atoms with van der Waals surface area (Å²) in [6, 6.07) is 0. The van der Waals surface area contributed by atoms with Crippen molar-refractivity contribution in [2.24, 2.45) is 0 Å². The number of rotatable bonds is 13. The molecule has 4 nitrogen and oxygen atoms in total. The maximum absolute atomic E-state index is 11.4. The summed E-state index contributed by atoms with van der Waals surface area (Å²) in [5, 5.41) is -0.0734. The van der Waals surface area contributed by atoms with Crippen LogP contribution in [0.25, 0.3) is 0 Å². The number of carbonyl (C=O) groups excluding carboxylic acids is 2. The molecule has 0 spiro atoms. The van der Waals surface area contributed by atoms with E-state index >= 15 is 0 Å². The molecule has 0 aromatic heterocycles. The Kier molecular flexibility index (Phi) is 13.8. The molecule has 0 aliphatic rings. The van der Waals surface area contributed by atoms with Crippen molar-refractivity contribution in [1.29, 1.82) is 0 Å². The average molecular weight is 355 g/mol. The average Bonchev–Trinajstić information content (AvgIpc) is 2.47. The third-order valence-corrected chi connectivity index (χ3v) is 3.81. The second kappa shape index (κ2) is 14.1. The van der Waals surface area contributed by atoms with Gasteiger partial charge in [-0.2, -0.15) is 0 Å². The van der Waals surface area contributed by atoms with Crippen LogP contribution in [0.15, 0.2) is 0 Å². The van der Waals surface area contributed by atoms with Gasteiger partial charge in [0, 0.05) is 18.2 Å². The molecule has 0 aliphatic heterocycles. The van der Waals surface area contributed by atoms with Crippen LogP contribution in [0.5, 0.6) is 0 Å². The van der Waals surface area contributed by atoms with Crippen LogP contribution in [0.1, 0.15) is 65.2 Å². The fourth-order valence-electron chi connectivity index (χ4n) is 1.67. The Labute approximate surface area is 143 Å². The van der Waals surface area contributed by atoms with Gasteiger partial charge in [-0.1, -0.05) is 19.8 Å². The molecule has 0 rings (SSSR count). The standard InChI is InChI=1S/C16H28Cl2O4/c1-3-14(18)12-22-16(20)9-7-5-4-6-8-15(19)21-11-10-13(2)17/h13-14H,3-12H2,1-2H3. The van der Waals surface area contributed by atoms with Crippen LogP contribution in [-0.2, 0) is 19.1 Å². The Morgan fingerprint density at radius 1 is 0.955 bits per heavy atom. The lowest BCUT2D eigenvalue weighted by atomic mass is 10.1. The third-order valence-electron chi connectivity index (χ3n) is 3.16. The number of unbranched alkanes of at least 4 members (excludes halogenated alkanes) is 3. The SMILES string of the molecule is CCC(Cl)COC(=O)CCCCCCC(=O)OCCC(C)Cl. The van der Waals surface area contributed by atoms with Crippen molar-refractivity contribution in [3.63, 3.8) is 0 Å².